The van der Waals surface area contributed by atoms with Crippen molar-refractivity contribution in [2.75, 3.05) is 0 Å². The molecule has 0 aromatic heterocycles. The number of nitrogens with zero attached hydrogens (tertiary/aromatic N) is 1. The quantitative estimate of drug-likeness (QED) is 0.350. The van der Waals surface area contributed by atoms with Crippen LogP contribution in [0.5, 0.6) is 5.75 Å². The molecule has 1 amide bonds. The topological polar surface area (TPSA) is 107 Å². The SMILES string of the molecule is CCCC(Oc1cc(F)ccc1[N+](=O)[O-])C(=O)NN. The van der Waals surface area contributed by atoms with Gasteiger partial charge in [0.1, 0.15) is 5.82 Å². The second-order valence-corrected chi connectivity index (χ2v) is 3.77. The number of nitrogens with two attached hydrogens (primary N) is 1. The zero-order valence-electron chi connectivity index (χ0n) is 10.3. The number of hydrogen-bond donors (Lipinski definition) is 2. The molecule has 3 N–H and O–H groups in total. The highest BCUT2D eigenvalue weighted by atomic mass is 19.1. The standard InChI is InChI=1S/C11H14FN3O4/c1-2-3-9(11(16)14-13)19-10-6-7(12)4-5-8(10)15(17)18/h4-6,9H,2-3,13H2,1H3,(H,14,16). The Morgan fingerprint density at radius 1 is 1.63 bits per heavy atom. The molecule has 0 radical (unpaired) electrons. The molecule has 0 aliphatic rings. The normalized spacial score (nSPS) is 11.7. The number of carbonyl (C=O) groups excluding carboxylic acids is 1. The Kier molecular flexibility index (Phi) is 5.19. The number of carbonyl (C=O) groups is 1. The van der Waals surface area contributed by atoms with E-state index < -0.39 is 28.4 Å². The molecule has 0 saturated carbocycles. The summed E-state index contributed by atoms with van der Waals surface area (Å²) in [6.45, 7) is 1.81. The van der Waals surface area contributed by atoms with E-state index in [1.807, 2.05) is 5.43 Å². The summed E-state index contributed by atoms with van der Waals surface area (Å²) >= 11 is 0. The van der Waals surface area contributed by atoms with Crippen LogP contribution in [-0.4, -0.2) is 16.9 Å². The lowest BCUT2D eigenvalue weighted by molar-refractivity contribution is -0.386. The minimum Gasteiger partial charge on any atom is -0.473 e. The summed E-state index contributed by atoms with van der Waals surface area (Å²) < 4.78 is 18.3. The van der Waals surface area contributed by atoms with E-state index in [4.69, 9.17) is 10.6 Å². The van der Waals surface area contributed by atoms with Gasteiger partial charge in [-0.1, -0.05) is 13.3 Å². The van der Waals surface area contributed by atoms with Gasteiger partial charge in [-0.25, -0.2) is 10.2 Å². The number of nitro groups is 1. The molecule has 8 heteroatoms. The van der Waals surface area contributed by atoms with Crippen molar-refractivity contribution in [2.24, 2.45) is 5.84 Å². The zero-order valence-corrected chi connectivity index (χ0v) is 10.3. The van der Waals surface area contributed by atoms with Gasteiger partial charge in [-0.05, 0) is 12.5 Å². The molecule has 0 fully saturated rings. The molecule has 104 valence electrons. The van der Waals surface area contributed by atoms with E-state index in [0.717, 1.165) is 18.2 Å². The fourth-order valence-corrected chi connectivity index (χ4v) is 1.49. The molecule has 0 aliphatic heterocycles. The zero-order chi connectivity index (χ0) is 14.4. The molecular formula is C11H14FN3O4. The molecule has 0 spiro atoms. The molecular weight excluding hydrogens is 257 g/mol. The third-order valence-electron chi connectivity index (χ3n) is 2.37. The number of rotatable bonds is 6. The van der Waals surface area contributed by atoms with Gasteiger partial charge in [-0.3, -0.25) is 20.3 Å². The third kappa shape index (κ3) is 3.88. The van der Waals surface area contributed by atoms with E-state index in [1.54, 1.807) is 6.92 Å². The van der Waals surface area contributed by atoms with E-state index in [0.29, 0.717) is 12.8 Å². The van der Waals surface area contributed by atoms with Gasteiger partial charge in [0.15, 0.2) is 6.10 Å². The summed E-state index contributed by atoms with van der Waals surface area (Å²) in [4.78, 5) is 21.5. The van der Waals surface area contributed by atoms with Crippen LogP contribution in [0.1, 0.15) is 19.8 Å². The first kappa shape index (κ1) is 14.8. The number of halogens is 1. The van der Waals surface area contributed by atoms with Crippen molar-refractivity contribution in [2.45, 2.75) is 25.9 Å². The maximum absolute atomic E-state index is 13.1. The second kappa shape index (κ2) is 6.64. The monoisotopic (exact) mass is 271 g/mol. The molecule has 0 saturated heterocycles. The van der Waals surface area contributed by atoms with Gasteiger partial charge < -0.3 is 4.74 Å². The van der Waals surface area contributed by atoms with Crippen molar-refractivity contribution >= 4 is 11.6 Å². The van der Waals surface area contributed by atoms with Gasteiger partial charge in [0.25, 0.3) is 5.91 Å². The van der Waals surface area contributed by atoms with Crippen molar-refractivity contribution in [1.82, 2.24) is 5.43 Å². The number of amides is 1. The van der Waals surface area contributed by atoms with Crippen LogP contribution in [0, 0.1) is 15.9 Å². The molecule has 1 unspecified atom stereocenters. The summed E-state index contributed by atoms with van der Waals surface area (Å²) in [7, 11) is 0. The van der Waals surface area contributed by atoms with Crippen LogP contribution in [-0.2, 0) is 4.79 Å². The number of nitrogens with one attached hydrogen (secondary N) is 1. The van der Waals surface area contributed by atoms with Crippen molar-refractivity contribution in [3.8, 4) is 5.75 Å². The van der Waals surface area contributed by atoms with Crippen LogP contribution >= 0.6 is 0 Å². The van der Waals surface area contributed by atoms with Gasteiger partial charge in [0, 0.05) is 12.1 Å². The van der Waals surface area contributed by atoms with Crippen LogP contribution < -0.4 is 16.0 Å². The molecule has 1 atom stereocenters. The molecule has 1 rings (SSSR count). The summed E-state index contributed by atoms with van der Waals surface area (Å²) in [5, 5.41) is 10.8. The molecule has 1 aromatic rings. The maximum atomic E-state index is 13.1. The smallest absolute Gasteiger partial charge is 0.311 e. The van der Waals surface area contributed by atoms with E-state index >= 15 is 0 Å². The second-order valence-electron chi connectivity index (χ2n) is 3.77. The Morgan fingerprint density at radius 2 is 2.32 bits per heavy atom. The summed E-state index contributed by atoms with van der Waals surface area (Å²) in [6.07, 6.45) is -0.103. The molecule has 1 aromatic carbocycles. The maximum Gasteiger partial charge on any atom is 0.311 e. The molecule has 0 bridgehead atoms. The predicted molar refractivity (Wildman–Crippen MR) is 64.7 cm³/mol. The Balaban J connectivity index is 3.04. The van der Waals surface area contributed by atoms with Crippen molar-refractivity contribution in [3.63, 3.8) is 0 Å². The summed E-state index contributed by atoms with van der Waals surface area (Å²) in [5.41, 5.74) is 1.50. The minimum atomic E-state index is -1.00. The van der Waals surface area contributed by atoms with Gasteiger partial charge in [-0.2, -0.15) is 0 Å². The van der Waals surface area contributed by atoms with Crippen LogP contribution in [0.15, 0.2) is 18.2 Å². The van der Waals surface area contributed by atoms with Gasteiger partial charge in [0.2, 0.25) is 5.75 Å². The Labute approximate surface area is 108 Å². The number of nitro benzene ring substituents is 1. The predicted octanol–water partition coefficient (Wildman–Crippen LogP) is 1.27. The van der Waals surface area contributed by atoms with Crippen LogP contribution in [0.25, 0.3) is 0 Å². The van der Waals surface area contributed by atoms with Crippen LogP contribution in [0.3, 0.4) is 0 Å². The van der Waals surface area contributed by atoms with Crippen molar-refractivity contribution in [3.05, 3.63) is 34.1 Å². The van der Waals surface area contributed by atoms with Crippen LogP contribution in [0.4, 0.5) is 10.1 Å². The van der Waals surface area contributed by atoms with E-state index in [2.05, 4.69) is 0 Å². The molecule has 7 nitrogen and oxygen atoms in total. The molecule has 0 heterocycles. The largest absolute Gasteiger partial charge is 0.473 e. The first-order valence-electron chi connectivity index (χ1n) is 5.60. The lowest BCUT2D eigenvalue weighted by atomic mass is 10.2. The Bertz CT molecular complexity index is 481. The lowest BCUT2D eigenvalue weighted by Crippen LogP contribution is -2.42. The first-order chi connectivity index (χ1) is 8.99. The number of ether oxygens (including phenoxy) is 1. The fourth-order valence-electron chi connectivity index (χ4n) is 1.49. The van der Waals surface area contributed by atoms with E-state index in [-0.39, 0.29) is 5.75 Å². The van der Waals surface area contributed by atoms with Crippen molar-refractivity contribution < 1.29 is 18.8 Å². The number of benzene rings is 1. The van der Waals surface area contributed by atoms with E-state index in [9.17, 15) is 19.3 Å². The van der Waals surface area contributed by atoms with Gasteiger partial charge >= 0.3 is 5.69 Å². The first-order valence-corrected chi connectivity index (χ1v) is 5.60. The van der Waals surface area contributed by atoms with Gasteiger partial charge in [-0.15, -0.1) is 0 Å². The molecule has 0 aliphatic carbocycles. The summed E-state index contributed by atoms with van der Waals surface area (Å²) in [6, 6.07) is 2.79. The lowest BCUT2D eigenvalue weighted by Gasteiger charge is -2.16. The fraction of sp³-hybridized carbons (Fsp3) is 0.364. The van der Waals surface area contributed by atoms with Crippen LogP contribution in [0.2, 0.25) is 0 Å². The average molecular weight is 271 g/mol. The number of hydrazine groups is 1. The van der Waals surface area contributed by atoms with Crippen molar-refractivity contribution in [1.29, 1.82) is 0 Å². The average Bonchev–Trinajstić information content (AvgIpc) is 2.37. The highest BCUT2D eigenvalue weighted by molar-refractivity contribution is 5.80. The molecule has 19 heavy (non-hydrogen) atoms. The Morgan fingerprint density at radius 3 is 2.84 bits per heavy atom. The highest BCUT2D eigenvalue weighted by Gasteiger charge is 2.24. The highest BCUT2D eigenvalue weighted by Crippen LogP contribution is 2.29. The van der Waals surface area contributed by atoms with Gasteiger partial charge in [0.05, 0.1) is 4.92 Å². The number of hydrogen-bond acceptors (Lipinski definition) is 5. The summed E-state index contributed by atoms with van der Waals surface area (Å²) in [5.74, 6) is 3.38. The third-order valence-corrected chi connectivity index (χ3v) is 2.37. The minimum absolute atomic E-state index is 0.299. The Hall–Kier alpha value is -2.22. The van der Waals surface area contributed by atoms with E-state index in [1.165, 1.54) is 0 Å².